The van der Waals surface area contributed by atoms with Crippen molar-refractivity contribution in [1.82, 2.24) is 4.98 Å². The molecule has 29 heavy (non-hydrogen) atoms. The minimum absolute atomic E-state index is 0.222. The summed E-state index contributed by atoms with van der Waals surface area (Å²) in [6, 6.07) is 12.2. The number of thiophene rings is 1. The Morgan fingerprint density at radius 2 is 2.10 bits per heavy atom. The lowest BCUT2D eigenvalue weighted by Crippen LogP contribution is -2.28. The second-order valence-corrected chi connectivity index (χ2v) is 10.3. The Labute approximate surface area is 175 Å². The number of amides is 1. The Balaban J connectivity index is 1.71. The van der Waals surface area contributed by atoms with Gasteiger partial charge in [0.05, 0.1) is 27.9 Å². The third kappa shape index (κ3) is 4.47. The zero-order valence-corrected chi connectivity index (χ0v) is 17.8. The van der Waals surface area contributed by atoms with Gasteiger partial charge in [-0.25, -0.2) is 13.4 Å². The molecule has 0 saturated carbocycles. The zero-order chi connectivity index (χ0) is 20.4. The smallest absolute Gasteiger partial charge is 0.253 e. The van der Waals surface area contributed by atoms with Gasteiger partial charge in [-0.3, -0.25) is 9.69 Å². The first-order valence-corrected chi connectivity index (χ1v) is 12.1. The molecular formula is C20H16N2O4S3. The van der Waals surface area contributed by atoms with Gasteiger partial charge in [0.15, 0.2) is 15.0 Å². The minimum Gasteiger partial charge on any atom is -0.467 e. The van der Waals surface area contributed by atoms with E-state index in [1.807, 2.05) is 17.5 Å². The molecule has 1 amide bonds. The van der Waals surface area contributed by atoms with E-state index in [-0.39, 0.29) is 17.3 Å². The molecule has 1 aromatic carbocycles. The van der Waals surface area contributed by atoms with Gasteiger partial charge < -0.3 is 4.42 Å². The van der Waals surface area contributed by atoms with Gasteiger partial charge in [-0.2, -0.15) is 0 Å². The van der Waals surface area contributed by atoms with Gasteiger partial charge >= 0.3 is 0 Å². The summed E-state index contributed by atoms with van der Waals surface area (Å²) in [6.07, 6.45) is 5.98. The Bertz CT molecular complexity index is 1270. The first kappa shape index (κ1) is 19.6. The van der Waals surface area contributed by atoms with Crippen molar-refractivity contribution in [2.24, 2.45) is 0 Å². The SMILES string of the molecule is CS(=O)(=O)c1ccc2nc(N(Cc3ccco3)C(=O)C=Cc3cccs3)sc2c1. The summed E-state index contributed by atoms with van der Waals surface area (Å²) < 4.78 is 29.8. The van der Waals surface area contributed by atoms with Crippen LogP contribution in [0.5, 0.6) is 0 Å². The third-order valence-electron chi connectivity index (χ3n) is 4.10. The second kappa shape index (κ2) is 7.94. The van der Waals surface area contributed by atoms with E-state index in [1.165, 1.54) is 39.7 Å². The number of hydrogen-bond acceptors (Lipinski definition) is 7. The second-order valence-electron chi connectivity index (χ2n) is 6.25. The summed E-state index contributed by atoms with van der Waals surface area (Å²) in [4.78, 5) is 20.2. The average Bonchev–Trinajstić information content (AvgIpc) is 3.44. The number of rotatable bonds is 6. The van der Waals surface area contributed by atoms with E-state index < -0.39 is 9.84 Å². The average molecular weight is 445 g/mol. The van der Waals surface area contributed by atoms with E-state index in [4.69, 9.17) is 4.42 Å². The summed E-state index contributed by atoms with van der Waals surface area (Å²) in [5.41, 5.74) is 0.636. The summed E-state index contributed by atoms with van der Waals surface area (Å²) in [5, 5.41) is 2.42. The molecule has 148 valence electrons. The van der Waals surface area contributed by atoms with Crippen molar-refractivity contribution in [2.75, 3.05) is 11.2 Å². The van der Waals surface area contributed by atoms with E-state index in [9.17, 15) is 13.2 Å². The first-order valence-electron chi connectivity index (χ1n) is 8.56. The fraction of sp³-hybridized carbons (Fsp3) is 0.100. The lowest BCUT2D eigenvalue weighted by atomic mass is 10.3. The van der Waals surface area contributed by atoms with Crippen LogP contribution in [0.2, 0.25) is 0 Å². The van der Waals surface area contributed by atoms with Crippen molar-refractivity contribution in [3.63, 3.8) is 0 Å². The number of fused-ring (bicyclic) bond motifs is 1. The Kier molecular flexibility index (Phi) is 5.35. The van der Waals surface area contributed by atoms with Crippen LogP contribution in [0, 0.1) is 0 Å². The van der Waals surface area contributed by atoms with Crippen LogP contribution in [-0.2, 0) is 21.2 Å². The minimum atomic E-state index is -3.32. The zero-order valence-electron chi connectivity index (χ0n) is 15.3. The molecule has 0 atom stereocenters. The topological polar surface area (TPSA) is 80.5 Å². The Morgan fingerprint density at radius 3 is 2.79 bits per heavy atom. The van der Waals surface area contributed by atoms with Crippen molar-refractivity contribution in [3.05, 3.63) is 70.8 Å². The van der Waals surface area contributed by atoms with Crippen molar-refractivity contribution < 1.29 is 17.6 Å². The normalized spacial score (nSPS) is 12.0. The number of furan rings is 1. The highest BCUT2D eigenvalue weighted by Gasteiger charge is 2.20. The molecule has 0 fully saturated rings. The van der Waals surface area contributed by atoms with Crippen LogP contribution in [0.3, 0.4) is 0 Å². The summed E-state index contributed by atoms with van der Waals surface area (Å²) in [6.45, 7) is 0.222. The highest BCUT2D eigenvalue weighted by molar-refractivity contribution is 7.90. The van der Waals surface area contributed by atoms with Gasteiger partial charge in [0.1, 0.15) is 5.76 Å². The molecule has 0 spiro atoms. The standard InChI is InChI=1S/C20H16N2O4S3/c1-29(24,25)16-7-8-17-18(12-16)28-20(21-17)22(13-14-4-2-10-26-14)19(23)9-6-15-5-3-11-27-15/h2-12H,13H2,1H3. The van der Waals surface area contributed by atoms with E-state index in [2.05, 4.69) is 4.98 Å². The van der Waals surface area contributed by atoms with Crippen molar-refractivity contribution in [3.8, 4) is 0 Å². The van der Waals surface area contributed by atoms with Crippen LogP contribution in [0.25, 0.3) is 16.3 Å². The summed E-state index contributed by atoms with van der Waals surface area (Å²) in [5.74, 6) is 0.385. The Hall–Kier alpha value is -2.75. The van der Waals surface area contributed by atoms with E-state index in [1.54, 1.807) is 36.6 Å². The number of nitrogens with zero attached hydrogens (tertiary/aromatic N) is 2. The number of anilines is 1. The lowest BCUT2D eigenvalue weighted by molar-refractivity contribution is -0.114. The van der Waals surface area contributed by atoms with E-state index >= 15 is 0 Å². The molecule has 0 unspecified atom stereocenters. The predicted octanol–water partition coefficient (Wildman–Crippen LogP) is 4.60. The predicted molar refractivity (Wildman–Crippen MR) is 116 cm³/mol. The van der Waals surface area contributed by atoms with Gasteiger partial charge in [-0.15, -0.1) is 11.3 Å². The van der Waals surface area contributed by atoms with Gasteiger partial charge in [0.2, 0.25) is 0 Å². The quantitative estimate of drug-likeness (QED) is 0.406. The maximum Gasteiger partial charge on any atom is 0.253 e. The van der Waals surface area contributed by atoms with Crippen molar-refractivity contribution >= 4 is 59.8 Å². The molecule has 9 heteroatoms. The number of thiazole rings is 1. The lowest BCUT2D eigenvalue weighted by Gasteiger charge is -2.16. The highest BCUT2D eigenvalue weighted by atomic mass is 32.2. The molecule has 3 heterocycles. The van der Waals surface area contributed by atoms with Crippen molar-refractivity contribution in [2.45, 2.75) is 11.4 Å². The number of aromatic nitrogens is 1. The monoisotopic (exact) mass is 444 g/mol. The maximum absolute atomic E-state index is 12.9. The fourth-order valence-corrected chi connectivity index (χ4v) is 5.02. The van der Waals surface area contributed by atoms with Gasteiger partial charge in [0, 0.05) is 17.2 Å². The molecule has 0 N–H and O–H groups in total. The summed E-state index contributed by atoms with van der Waals surface area (Å²) in [7, 11) is -3.32. The molecule has 4 rings (SSSR count). The van der Waals surface area contributed by atoms with E-state index in [0.29, 0.717) is 21.1 Å². The van der Waals surface area contributed by atoms with Crippen molar-refractivity contribution in [1.29, 1.82) is 0 Å². The molecule has 4 aromatic rings. The third-order valence-corrected chi connectivity index (χ3v) is 7.09. The molecule has 6 nitrogen and oxygen atoms in total. The number of benzene rings is 1. The summed E-state index contributed by atoms with van der Waals surface area (Å²) >= 11 is 2.81. The van der Waals surface area contributed by atoms with Crippen LogP contribution in [0.15, 0.2) is 69.5 Å². The van der Waals surface area contributed by atoms with Crippen LogP contribution in [0.1, 0.15) is 10.6 Å². The maximum atomic E-state index is 12.9. The van der Waals surface area contributed by atoms with Crippen LogP contribution in [0.4, 0.5) is 5.13 Å². The van der Waals surface area contributed by atoms with Crippen LogP contribution >= 0.6 is 22.7 Å². The molecule has 0 aliphatic rings. The van der Waals surface area contributed by atoms with Crippen LogP contribution < -0.4 is 4.90 Å². The molecular weight excluding hydrogens is 428 g/mol. The van der Waals surface area contributed by atoms with Gasteiger partial charge in [-0.05, 0) is 47.9 Å². The molecule has 3 aromatic heterocycles. The molecule has 0 aliphatic heterocycles. The largest absolute Gasteiger partial charge is 0.467 e. The number of carbonyl (C=O) groups is 1. The molecule has 0 bridgehead atoms. The van der Waals surface area contributed by atoms with Gasteiger partial charge in [-0.1, -0.05) is 17.4 Å². The fourth-order valence-electron chi connectivity index (χ4n) is 2.67. The van der Waals surface area contributed by atoms with E-state index in [0.717, 1.165) is 11.1 Å². The molecule has 0 aliphatic carbocycles. The Morgan fingerprint density at radius 1 is 1.24 bits per heavy atom. The highest BCUT2D eigenvalue weighted by Crippen LogP contribution is 2.32. The number of sulfone groups is 1. The number of hydrogen-bond donors (Lipinski definition) is 0. The number of carbonyl (C=O) groups excluding carboxylic acids is 1. The molecule has 0 saturated heterocycles. The first-order chi connectivity index (χ1) is 13.9. The van der Waals surface area contributed by atoms with Crippen LogP contribution in [-0.4, -0.2) is 25.6 Å². The molecule has 0 radical (unpaired) electrons. The van der Waals surface area contributed by atoms with Gasteiger partial charge in [0.25, 0.3) is 5.91 Å².